The number of rotatable bonds is 3. The number of nitrogens with one attached hydrogen (secondary N) is 1. The number of carbonyl (C=O) groups is 1. The van der Waals surface area contributed by atoms with Gasteiger partial charge in [0.15, 0.2) is 0 Å². The summed E-state index contributed by atoms with van der Waals surface area (Å²) in [5.41, 5.74) is 1.05. The van der Waals surface area contributed by atoms with Crippen molar-refractivity contribution in [3.05, 3.63) is 35.4 Å². The molecule has 0 saturated carbocycles. The molecular formula is C15H21NO3. The summed E-state index contributed by atoms with van der Waals surface area (Å²) in [5.74, 6) is 0.260. The number of aromatic hydroxyl groups is 1. The number of alkyl carbamates (subject to hydrolysis) is 1. The molecule has 1 amide bonds. The highest BCUT2D eigenvalue weighted by molar-refractivity contribution is 5.68. The molecule has 0 heterocycles. The van der Waals surface area contributed by atoms with Crippen molar-refractivity contribution in [1.82, 2.24) is 5.32 Å². The Kier molecular flexibility index (Phi) is 4.98. The highest BCUT2D eigenvalue weighted by Crippen LogP contribution is 2.22. The van der Waals surface area contributed by atoms with Crippen LogP contribution in [0.1, 0.15) is 31.9 Å². The molecule has 1 rings (SSSR count). The average molecular weight is 263 g/mol. The van der Waals surface area contributed by atoms with Gasteiger partial charge in [-0.1, -0.05) is 30.4 Å². The monoisotopic (exact) mass is 263 g/mol. The zero-order valence-corrected chi connectivity index (χ0v) is 11.9. The molecule has 4 heteroatoms. The summed E-state index contributed by atoms with van der Waals surface area (Å²) < 4.78 is 5.10. The number of para-hydroxylation sites is 1. The molecule has 2 N–H and O–H groups in total. The molecule has 19 heavy (non-hydrogen) atoms. The number of benzene rings is 1. The number of hydrogen-bond acceptors (Lipinski definition) is 3. The van der Waals surface area contributed by atoms with Crippen LogP contribution in [0.2, 0.25) is 0 Å². The number of carbonyl (C=O) groups excluding carboxylic acids is 1. The maximum absolute atomic E-state index is 11.4. The van der Waals surface area contributed by atoms with Crippen molar-refractivity contribution in [2.75, 3.05) is 6.54 Å². The lowest BCUT2D eigenvalue weighted by Crippen LogP contribution is -2.32. The van der Waals surface area contributed by atoms with Gasteiger partial charge in [-0.2, -0.15) is 0 Å². The van der Waals surface area contributed by atoms with Gasteiger partial charge in [0.2, 0.25) is 0 Å². The lowest BCUT2D eigenvalue weighted by molar-refractivity contribution is 0.0534. The van der Waals surface area contributed by atoms with Gasteiger partial charge in [-0.3, -0.25) is 0 Å². The van der Waals surface area contributed by atoms with Gasteiger partial charge in [0.1, 0.15) is 11.4 Å². The molecule has 0 atom stereocenters. The molecule has 1 aromatic carbocycles. The minimum absolute atomic E-state index is 0.260. The summed E-state index contributed by atoms with van der Waals surface area (Å²) in [7, 11) is 0. The second-order valence-electron chi connectivity index (χ2n) is 5.30. The standard InChI is InChI=1S/C15H21NO3/c1-11-7-5-8-12(13(11)17)9-6-10-16-14(18)19-15(2,3)4/h5-9,17H,10H2,1-4H3,(H,16,18). The summed E-state index contributed by atoms with van der Waals surface area (Å²) in [6.07, 6.45) is 3.07. The van der Waals surface area contributed by atoms with E-state index in [1.807, 2.05) is 45.9 Å². The van der Waals surface area contributed by atoms with E-state index in [4.69, 9.17) is 4.74 Å². The van der Waals surface area contributed by atoms with Crippen LogP contribution in [0.4, 0.5) is 4.79 Å². The third-order valence-corrected chi connectivity index (χ3v) is 2.33. The molecule has 1 aromatic rings. The maximum Gasteiger partial charge on any atom is 0.407 e. The van der Waals surface area contributed by atoms with Crippen LogP contribution in [0, 0.1) is 6.92 Å². The molecular weight excluding hydrogens is 242 g/mol. The fraction of sp³-hybridized carbons (Fsp3) is 0.400. The van der Waals surface area contributed by atoms with Crippen LogP contribution in [0.5, 0.6) is 5.75 Å². The Labute approximate surface area is 114 Å². The first kappa shape index (κ1) is 15.1. The topological polar surface area (TPSA) is 58.6 Å². The van der Waals surface area contributed by atoms with Gasteiger partial charge >= 0.3 is 6.09 Å². The zero-order valence-electron chi connectivity index (χ0n) is 11.9. The van der Waals surface area contributed by atoms with Gasteiger partial charge in [-0.15, -0.1) is 0 Å². The molecule has 0 spiro atoms. The molecule has 0 unspecified atom stereocenters. The molecule has 0 fully saturated rings. The molecule has 0 aliphatic heterocycles. The molecule has 0 aliphatic carbocycles. The fourth-order valence-electron chi connectivity index (χ4n) is 1.46. The quantitative estimate of drug-likeness (QED) is 0.880. The van der Waals surface area contributed by atoms with Gasteiger partial charge in [-0.25, -0.2) is 4.79 Å². The lowest BCUT2D eigenvalue weighted by Gasteiger charge is -2.19. The molecule has 4 nitrogen and oxygen atoms in total. The molecule has 104 valence electrons. The van der Waals surface area contributed by atoms with Gasteiger partial charge in [-0.05, 0) is 33.3 Å². The number of aryl methyl sites for hydroxylation is 1. The third kappa shape index (κ3) is 5.46. The van der Waals surface area contributed by atoms with E-state index in [2.05, 4.69) is 5.32 Å². The van der Waals surface area contributed by atoms with Crippen LogP contribution >= 0.6 is 0 Å². The number of ether oxygens (including phenoxy) is 1. The van der Waals surface area contributed by atoms with E-state index in [9.17, 15) is 9.90 Å². The van der Waals surface area contributed by atoms with Gasteiger partial charge in [0, 0.05) is 12.1 Å². The summed E-state index contributed by atoms with van der Waals surface area (Å²) in [5, 5.41) is 12.4. The summed E-state index contributed by atoms with van der Waals surface area (Å²) >= 11 is 0. The minimum atomic E-state index is -0.497. The van der Waals surface area contributed by atoms with E-state index in [-0.39, 0.29) is 5.75 Å². The van der Waals surface area contributed by atoms with Crippen molar-refractivity contribution in [2.45, 2.75) is 33.3 Å². The second kappa shape index (κ2) is 6.27. The third-order valence-electron chi connectivity index (χ3n) is 2.33. The smallest absolute Gasteiger partial charge is 0.407 e. The average Bonchev–Trinajstić information content (AvgIpc) is 2.27. The Morgan fingerprint density at radius 3 is 2.74 bits per heavy atom. The largest absolute Gasteiger partial charge is 0.507 e. The van der Waals surface area contributed by atoms with Gasteiger partial charge in [0.05, 0.1) is 0 Å². The van der Waals surface area contributed by atoms with E-state index < -0.39 is 11.7 Å². The van der Waals surface area contributed by atoms with Crippen molar-refractivity contribution in [2.24, 2.45) is 0 Å². The Bertz CT molecular complexity index is 473. The van der Waals surface area contributed by atoms with E-state index in [1.54, 1.807) is 12.2 Å². The molecule has 0 aliphatic rings. The molecule has 0 radical (unpaired) electrons. The lowest BCUT2D eigenvalue weighted by atomic mass is 10.1. The fourth-order valence-corrected chi connectivity index (χ4v) is 1.46. The SMILES string of the molecule is Cc1cccc(C=CCNC(=O)OC(C)(C)C)c1O. The van der Waals surface area contributed by atoms with Crippen molar-refractivity contribution in [1.29, 1.82) is 0 Å². The highest BCUT2D eigenvalue weighted by atomic mass is 16.6. The van der Waals surface area contributed by atoms with Crippen molar-refractivity contribution in [3.8, 4) is 5.75 Å². The van der Waals surface area contributed by atoms with Gasteiger partial charge in [0.25, 0.3) is 0 Å². The molecule has 0 aromatic heterocycles. The van der Waals surface area contributed by atoms with Crippen LogP contribution in [0.25, 0.3) is 6.08 Å². The van der Waals surface area contributed by atoms with Crippen LogP contribution in [-0.4, -0.2) is 23.3 Å². The van der Waals surface area contributed by atoms with Crippen molar-refractivity contribution in [3.63, 3.8) is 0 Å². The van der Waals surface area contributed by atoms with E-state index in [0.29, 0.717) is 6.54 Å². The number of amides is 1. The summed E-state index contributed by atoms with van der Waals surface area (Å²) in [6, 6.07) is 5.52. The first-order valence-electron chi connectivity index (χ1n) is 6.21. The maximum atomic E-state index is 11.4. The summed E-state index contributed by atoms with van der Waals surface area (Å²) in [6.45, 7) is 7.63. The number of phenolic OH excluding ortho intramolecular Hbond substituents is 1. The molecule has 0 saturated heterocycles. The predicted molar refractivity (Wildman–Crippen MR) is 76.1 cm³/mol. The van der Waals surface area contributed by atoms with E-state index in [1.165, 1.54) is 0 Å². The van der Waals surface area contributed by atoms with Crippen LogP contribution in [0.3, 0.4) is 0 Å². The summed E-state index contributed by atoms with van der Waals surface area (Å²) in [4.78, 5) is 11.4. The Morgan fingerprint density at radius 2 is 2.11 bits per heavy atom. The Hall–Kier alpha value is -1.97. The van der Waals surface area contributed by atoms with Crippen molar-refractivity contribution < 1.29 is 14.6 Å². The normalized spacial score (nSPS) is 11.6. The van der Waals surface area contributed by atoms with Crippen LogP contribution in [0.15, 0.2) is 24.3 Å². The Balaban J connectivity index is 2.47. The van der Waals surface area contributed by atoms with E-state index in [0.717, 1.165) is 11.1 Å². The van der Waals surface area contributed by atoms with Crippen molar-refractivity contribution >= 4 is 12.2 Å². The number of phenols is 1. The first-order chi connectivity index (χ1) is 8.79. The number of hydrogen-bond donors (Lipinski definition) is 2. The van der Waals surface area contributed by atoms with E-state index >= 15 is 0 Å². The highest BCUT2D eigenvalue weighted by Gasteiger charge is 2.14. The van der Waals surface area contributed by atoms with Gasteiger partial charge < -0.3 is 15.2 Å². The second-order valence-corrected chi connectivity index (χ2v) is 5.30. The van der Waals surface area contributed by atoms with Crippen LogP contribution < -0.4 is 5.32 Å². The Morgan fingerprint density at radius 1 is 1.42 bits per heavy atom. The van der Waals surface area contributed by atoms with Crippen LogP contribution in [-0.2, 0) is 4.74 Å². The first-order valence-corrected chi connectivity index (χ1v) is 6.21. The predicted octanol–water partition coefficient (Wildman–Crippen LogP) is 3.24. The minimum Gasteiger partial charge on any atom is -0.507 e. The molecule has 0 bridgehead atoms. The zero-order chi connectivity index (χ0) is 14.5.